The standard InChI is InChI=1S/C15H12N2OS/c1-4-12-6-2-8-16-15(12)13(5-1)11-18-17-10-14-7-3-9-19-14/h1-10H,11H2/b17-10+. The summed E-state index contributed by atoms with van der Waals surface area (Å²) in [5, 5.41) is 7.10. The maximum absolute atomic E-state index is 5.34. The summed E-state index contributed by atoms with van der Waals surface area (Å²) in [4.78, 5) is 10.8. The first-order valence-electron chi connectivity index (χ1n) is 5.95. The largest absolute Gasteiger partial charge is 0.391 e. The van der Waals surface area contributed by atoms with E-state index >= 15 is 0 Å². The van der Waals surface area contributed by atoms with Crippen molar-refractivity contribution >= 4 is 28.5 Å². The van der Waals surface area contributed by atoms with E-state index in [1.807, 2.05) is 47.8 Å². The maximum Gasteiger partial charge on any atom is 0.144 e. The van der Waals surface area contributed by atoms with Gasteiger partial charge in [0.1, 0.15) is 6.61 Å². The van der Waals surface area contributed by atoms with Crippen LogP contribution in [0.25, 0.3) is 10.9 Å². The van der Waals surface area contributed by atoms with Gasteiger partial charge in [-0.1, -0.05) is 35.5 Å². The quantitative estimate of drug-likeness (QED) is 0.532. The first kappa shape index (κ1) is 11.9. The van der Waals surface area contributed by atoms with Crippen molar-refractivity contribution in [2.24, 2.45) is 5.16 Å². The molecule has 0 unspecified atom stereocenters. The summed E-state index contributed by atoms with van der Waals surface area (Å²) in [5.74, 6) is 0. The highest BCUT2D eigenvalue weighted by Gasteiger charge is 2.01. The van der Waals surface area contributed by atoms with E-state index in [-0.39, 0.29) is 0 Å². The highest BCUT2D eigenvalue weighted by molar-refractivity contribution is 7.11. The molecule has 0 saturated heterocycles. The SMILES string of the molecule is C(=N\OCc1cccc2cccnc12)/c1cccs1. The molecule has 0 amide bonds. The molecule has 2 aromatic heterocycles. The van der Waals surface area contributed by atoms with Crippen LogP contribution in [0.2, 0.25) is 0 Å². The number of fused-ring (bicyclic) bond motifs is 1. The lowest BCUT2D eigenvalue weighted by atomic mass is 10.1. The molecular weight excluding hydrogens is 256 g/mol. The molecule has 0 fully saturated rings. The Labute approximate surface area is 115 Å². The zero-order chi connectivity index (χ0) is 12.9. The molecule has 0 aliphatic rings. The molecule has 3 rings (SSSR count). The number of pyridine rings is 1. The zero-order valence-electron chi connectivity index (χ0n) is 10.2. The van der Waals surface area contributed by atoms with Crippen molar-refractivity contribution in [3.63, 3.8) is 0 Å². The average molecular weight is 268 g/mol. The van der Waals surface area contributed by atoms with Crippen molar-refractivity contribution in [1.29, 1.82) is 0 Å². The Morgan fingerprint density at radius 2 is 2.11 bits per heavy atom. The predicted octanol–water partition coefficient (Wildman–Crippen LogP) is 3.85. The molecular formula is C15H12N2OS. The monoisotopic (exact) mass is 268 g/mol. The van der Waals surface area contributed by atoms with Crippen LogP contribution in [-0.2, 0) is 11.4 Å². The molecule has 0 radical (unpaired) electrons. The molecule has 1 aromatic carbocycles. The lowest BCUT2D eigenvalue weighted by molar-refractivity contribution is 0.133. The van der Waals surface area contributed by atoms with Gasteiger partial charge in [-0.2, -0.15) is 0 Å². The molecule has 3 nitrogen and oxygen atoms in total. The Kier molecular flexibility index (Phi) is 3.51. The topological polar surface area (TPSA) is 34.5 Å². The van der Waals surface area contributed by atoms with Crippen LogP contribution in [-0.4, -0.2) is 11.2 Å². The summed E-state index contributed by atoms with van der Waals surface area (Å²) < 4.78 is 0. The second-order valence-electron chi connectivity index (χ2n) is 4.02. The molecule has 0 saturated carbocycles. The van der Waals surface area contributed by atoms with Gasteiger partial charge in [-0.3, -0.25) is 4.98 Å². The fraction of sp³-hybridized carbons (Fsp3) is 0.0667. The summed E-state index contributed by atoms with van der Waals surface area (Å²) in [5.41, 5.74) is 2.01. The summed E-state index contributed by atoms with van der Waals surface area (Å²) in [6.45, 7) is 0.427. The number of nitrogens with zero attached hydrogens (tertiary/aromatic N) is 2. The smallest absolute Gasteiger partial charge is 0.144 e. The number of thiophene rings is 1. The summed E-state index contributed by atoms with van der Waals surface area (Å²) in [7, 11) is 0. The third-order valence-corrected chi connectivity index (χ3v) is 3.54. The molecule has 3 aromatic rings. The highest BCUT2D eigenvalue weighted by Crippen LogP contribution is 2.16. The van der Waals surface area contributed by atoms with Crippen molar-refractivity contribution in [3.8, 4) is 0 Å². The van der Waals surface area contributed by atoms with Crippen molar-refractivity contribution in [3.05, 3.63) is 64.5 Å². The van der Waals surface area contributed by atoms with Crippen LogP contribution >= 0.6 is 11.3 Å². The molecule has 0 bridgehead atoms. The number of para-hydroxylation sites is 1. The molecule has 4 heteroatoms. The van der Waals surface area contributed by atoms with Crippen LogP contribution in [0.3, 0.4) is 0 Å². The lowest BCUT2D eigenvalue weighted by Crippen LogP contribution is -1.91. The van der Waals surface area contributed by atoms with Crippen molar-refractivity contribution in [2.75, 3.05) is 0 Å². The third kappa shape index (κ3) is 2.80. The summed E-state index contributed by atoms with van der Waals surface area (Å²) in [6.07, 6.45) is 3.52. The minimum Gasteiger partial charge on any atom is -0.391 e. The summed E-state index contributed by atoms with van der Waals surface area (Å²) >= 11 is 1.63. The van der Waals surface area contributed by atoms with Crippen LogP contribution in [0.5, 0.6) is 0 Å². The van der Waals surface area contributed by atoms with Gasteiger partial charge in [-0.05, 0) is 17.5 Å². The van der Waals surface area contributed by atoms with Crippen LogP contribution in [0.15, 0.2) is 59.2 Å². The van der Waals surface area contributed by atoms with E-state index in [0.29, 0.717) is 6.61 Å². The fourth-order valence-corrected chi connectivity index (χ4v) is 2.42. The summed E-state index contributed by atoms with van der Waals surface area (Å²) in [6, 6.07) is 14.0. The third-order valence-electron chi connectivity index (χ3n) is 2.73. The molecule has 0 atom stereocenters. The van der Waals surface area contributed by atoms with Crippen LogP contribution in [0.1, 0.15) is 10.4 Å². The minimum atomic E-state index is 0.427. The van der Waals surface area contributed by atoms with Crippen LogP contribution < -0.4 is 0 Å². The second-order valence-corrected chi connectivity index (χ2v) is 4.99. The fourth-order valence-electron chi connectivity index (χ4n) is 1.84. The number of rotatable bonds is 4. The molecule has 0 aliphatic carbocycles. The van der Waals surface area contributed by atoms with E-state index in [1.165, 1.54) is 0 Å². The van der Waals surface area contributed by atoms with Gasteiger partial charge < -0.3 is 4.84 Å². The van der Waals surface area contributed by atoms with Crippen molar-refractivity contribution in [1.82, 2.24) is 4.98 Å². The van der Waals surface area contributed by atoms with Crippen LogP contribution in [0, 0.1) is 0 Å². The van der Waals surface area contributed by atoms with Gasteiger partial charge >= 0.3 is 0 Å². The van der Waals surface area contributed by atoms with Crippen molar-refractivity contribution < 1.29 is 4.84 Å². The Hall–Kier alpha value is -2.20. The van der Waals surface area contributed by atoms with Gasteiger partial charge in [0.15, 0.2) is 0 Å². The van der Waals surface area contributed by atoms with E-state index in [4.69, 9.17) is 4.84 Å². The van der Waals surface area contributed by atoms with Gasteiger partial charge in [0.05, 0.1) is 11.7 Å². The molecule has 0 aliphatic heterocycles. The average Bonchev–Trinajstić information content (AvgIpc) is 2.97. The van der Waals surface area contributed by atoms with Crippen LogP contribution in [0.4, 0.5) is 0 Å². The zero-order valence-corrected chi connectivity index (χ0v) is 11.0. The molecule has 0 spiro atoms. The number of hydrogen-bond donors (Lipinski definition) is 0. The van der Waals surface area contributed by atoms with E-state index in [9.17, 15) is 0 Å². The number of benzene rings is 1. The second kappa shape index (κ2) is 5.63. The Balaban J connectivity index is 1.72. The maximum atomic E-state index is 5.34. The van der Waals surface area contributed by atoms with Gasteiger partial charge in [-0.15, -0.1) is 11.3 Å². The Bertz CT molecular complexity index is 687. The minimum absolute atomic E-state index is 0.427. The highest BCUT2D eigenvalue weighted by atomic mass is 32.1. The number of hydrogen-bond acceptors (Lipinski definition) is 4. The lowest BCUT2D eigenvalue weighted by Gasteiger charge is -2.03. The van der Waals surface area contributed by atoms with Crippen molar-refractivity contribution in [2.45, 2.75) is 6.61 Å². The first-order chi connectivity index (χ1) is 9.43. The molecule has 2 heterocycles. The van der Waals surface area contributed by atoms with Gasteiger partial charge in [-0.25, -0.2) is 0 Å². The predicted molar refractivity (Wildman–Crippen MR) is 78.4 cm³/mol. The molecule has 19 heavy (non-hydrogen) atoms. The number of oxime groups is 1. The Morgan fingerprint density at radius 3 is 3.00 bits per heavy atom. The van der Waals surface area contributed by atoms with E-state index in [2.05, 4.69) is 10.1 Å². The first-order valence-corrected chi connectivity index (χ1v) is 6.83. The Morgan fingerprint density at radius 1 is 1.16 bits per heavy atom. The van der Waals surface area contributed by atoms with Gasteiger partial charge in [0.2, 0.25) is 0 Å². The van der Waals surface area contributed by atoms with E-state index in [1.54, 1.807) is 23.7 Å². The van der Waals surface area contributed by atoms with Gasteiger partial charge in [0, 0.05) is 22.0 Å². The normalized spacial score (nSPS) is 11.2. The van der Waals surface area contributed by atoms with Gasteiger partial charge in [0.25, 0.3) is 0 Å². The number of aromatic nitrogens is 1. The molecule has 94 valence electrons. The van der Waals surface area contributed by atoms with E-state index in [0.717, 1.165) is 21.3 Å². The molecule has 0 N–H and O–H groups in total. The van der Waals surface area contributed by atoms with E-state index < -0.39 is 0 Å².